The highest BCUT2D eigenvalue weighted by atomic mass is 32.2. The van der Waals surface area contributed by atoms with Gasteiger partial charge in [-0.25, -0.2) is 8.42 Å². The molecular weight excluding hydrogens is 921 g/mol. The maximum absolute atomic E-state index is 13.8. The van der Waals surface area contributed by atoms with Crippen LogP contribution in [0.5, 0.6) is 0 Å². The Balaban J connectivity index is 0.000000174. The molecule has 364 valence electrons. The Morgan fingerprint density at radius 3 is 1.53 bits per heavy atom. The zero-order chi connectivity index (χ0) is 50.0. The van der Waals surface area contributed by atoms with E-state index in [9.17, 15) is 38.1 Å². The van der Waals surface area contributed by atoms with Gasteiger partial charge in [0.15, 0.2) is 9.84 Å². The van der Waals surface area contributed by atoms with Gasteiger partial charge >= 0.3 is 0 Å². The van der Waals surface area contributed by atoms with E-state index in [4.69, 9.17) is 0 Å². The van der Waals surface area contributed by atoms with Gasteiger partial charge in [0, 0.05) is 57.8 Å². The number of thioether (sulfide) groups is 1. The largest absolute Gasteiger partial charge is 0.336 e. The summed E-state index contributed by atoms with van der Waals surface area (Å²) in [5.74, 6) is -0.718. The van der Waals surface area contributed by atoms with E-state index in [1.807, 2.05) is 58.2 Å². The van der Waals surface area contributed by atoms with Crippen LogP contribution in [0.1, 0.15) is 101 Å². The molecule has 6 fully saturated rings. The highest BCUT2D eigenvalue weighted by molar-refractivity contribution is 8.00. The molecular formula is C54H60N8O6S2. The van der Waals surface area contributed by atoms with Gasteiger partial charge in [-0.15, -0.1) is 11.8 Å². The zero-order valence-corrected chi connectivity index (χ0v) is 42.3. The fourth-order valence-electron chi connectivity index (χ4n) is 9.68. The maximum atomic E-state index is 13.8. The van der Waals surface area contributed by atoms with Gasteiger partial charge in [0.1, 0.15) is 23.2 Å². The summed E-state index contributed by atoms with van der Waals surface area (Å²) < 4.78 is 27.6. The minimum Gasteiger partial charge on any atom is -0.336 e. The van der Waals surface area contributed by atoms with Gasteiger partial charge in [0.05, 0.1) is 22.3 Å². The lowest BCUT2D eigenvalue weighted by Crippen LogP contribution is -2.50. The topological polar surface area (TPSA) is 206 Å². The number of pyridine rings is 2. The SMILES string of the molecule is Cc1cc(-c2ccc(S(=O)(=O)[C@@H]3C[C@@H](C(=O)NC4(C#N)CC4)N(C(=O)C4(C)CC4)C3)c(C)c2)ccn1.Cc1cc(-c2ccc(S[C@@H]3C[C@@H](C(=O)NC4(C#N)CC4)N(C(=O)C4(C)CC4)C3)c(C)c2)ccn1. The van der Waals surface area contributed by atoms with E-state index in [0.29, 0.717) is 44.2 Å². The molecule has 70 heavy (non-hydrogen) atoms. The van der Waals surface area contributed by atoms with E-state index in [-0.39, 0.29) is 46.2 Å². The second-order valence-corrected chi connectivity index (χ2v) is 24.7. The van der Waals surface area contributed by atoms with Gasteiger partial charge in [-0.3, -0.25) is 29.1 Å². The van der Waals surface area contributed by atoms with Gasteiger partial charge in [-0.1, -0.05) is 38.1 Å². The molecule has 4 saturated carbocycles. The number of benzene rings is 2. The van der Waals surface area contributed by atoms with Crippen LogP contribution in [-0.4, -0.2) is 98.6 Å². The van der Waals surface area contributed by atoms with Crippen LogP contribution in [0.4, 0.5) is 0 Å². The summed E-state index contributed by atoms with van der Waals surface area (Å²) in [6.07, 6.45) is 9.90. The van der Waals surface area contributed by atoms with Crippen LogP contribution in [0, 0.1) is 61.2 Å². The van der Waals surface area contributed by atoms with Gasteiger partial charge in [-0.2, -0.15) is 10.5 Å². The fraction of sp³-hybridized carbons (Fsp3) is 0.481. The Bertz CT molecular complexity index is 3000. The van der Waals surface area contributed by atoms with Crippen molar-refractivity contribution in [3.63, 3.8) is 0 Å². The number of rotatable bonds is 12. The fourth-order valence-corrected chi connectivity index (χ4v) is 12.9. The van der Waals surface area contributed by atoms with E-state index in [0.717, 1.165) is 59.3 Å². The molecule has 4 amide bonds. The standard InChI is InChI=1S/C27H30N4O4S.C27H30N4O2S/c1-17-12-19(20-6-11-29-18(2)13-20)4-5-23(17)36(34,35)21-14-22(24(32)30-27(16-28)9-10-27)31(15-21)25(33)26(3)7-8-26;1-17-12-19(20-6-11-29-18(2)13-20)4-5-23(17)34-21-14-22(24(32)30-27(16-28)9-10-27)31(15-21)25(33)26(3)7-8-26/h4-6,11-13,21-22H,7-10,14-15H2,1-3H3,(H,30,32);4-6,11-13,21-22H,7-10,14-15H2,1-3H3,(H,30,32)/t2*21-,22+/m11/s1. The quantitative estimate of drug-likeness (QED) is 0.142. The maximum Gasteiger partial charge on any atom is 0.244 e. The number of aromatic nitrogens is 2. The third-order valence-electron chi connectivity index (χ3n) is 15.2. The van der Waals surface area contributed by atoms with Gasteiger partial charge < -0.3 is 20.4 Å². The molecule has 14 nitrogen and oxygen atoms in total. The van der Waals surface area contributed by atoms with Crippen LogP contribution in [0.15, 0.2) is 82.8 Å². The summed E-state index contributed by atoms with van der Waals surface area (Å²) in [5.41, 5.74) is 5.32. The number of nitrogens with zero attached hydrogens (tertiary/aromatic N) is 6. The number of hydrogen-bond acceptors (Lipinski definition) is 11. The van der Waals surface area contributed by atoms with Crippen LogP contribution in [0.25, 0.3) is 22.3 Å². The van der Waals surface area contributed by atoms with Crippen molar-refractivity contribution >= 4 is 45.2 Å². The first kappa shape index (κ1) is 48.9. The molecule has 2 N–H and O–H groups in total. The van der Waals surface area contributed by atoms with E-state index >= 15 is 0 Å². The number of carbonyl (C=O) groups excluding carboxylic acids is 4. The van der Waals surface area contributed by atoms with E-state index in [2.05, 4.69) is 63.9 Å². The predicted octanol–water partition coefficient (Wildman–Crippen LogP) is 7.48. The lowest BCUT2D eigenvalue weighted by molar-refractivity contribution is -0.142. The Labute approximate surface area is 414 Å². The Morgan fingerprint density at radius 2 is 1.09 bits per heavy atom. The molecule has 4 aromatic rings. The Kier molecular flexibility index (Phi) is 12.8. The molecule has 4 aliphatic carbocycles. The molecule has 2 aliphatic heterocycles. The van der Waals surface area contributed by atoms with E-state index in [1.165, 1.54) is 15.4 Å². The van der Waals surface area contributed by atoms with Crippen molar-refractivity contribution in [2.45, 2.75) is 149 Å². The van der Waals surface area contributed by atoms with Crippen LogP contribution >= 0.6 is 11.8 Å². The summed E-state index contributed by atoms with van der Waals surface area (Å²) in [4.78, 5) is 66.0. The van der Waals surface area contributed by atoms with Crippen LogP contribution in [-0.2, 0) is 29.0 Å². The predicted molar refractivity (Wildman–Crippen MR) is 265 cm³/mol. The number of carbonyl (C=O) groups is 4. The Hall–Kier alpha value is -6.10. The number of sulfone groups is 1. The molecule has 2 aromatic heterocycles. The van der Waals surface area contributed by atoms with E-state index < -0.39 is 49.6 Å². The highest BCUT2D eigenvalue weighted by Gasteiger charge is 2.56. The number of nitriles is 2. The number of nitrogens with one attached hydrogen (secondary N) is 2. The average molecular weight is 981 g/mol. The molecule has 4 heterocycles. The molecule has 16 heteroatoms. The highest BCUT2D eigenvalue weighted by Crippen LogP contribution is 2.50. The number of hydrogen-bond donors (Lipinski definition) is 2. The molecule has 0 radical (unpaired) electrons. The first-order valence-corrected chi connectivity index (χ1v) is 26.7. The van der Waals surface area contributed by atoms with E-state index in [1.54, 1.807) is 41.9 Å². The third-order valence-corrected chi connectivity index (χ3v) is 18.9. The van der Waals surface area contributed by atoms with Crippen molar-refractivity contribution in [3.05, 3.63) is 95.6 Å². The molecule has 0 bridgehead atoms. The van der Waals surface area contributed by atoms with Crippen molar-refractivity contribution in [1.29, 1.82) is 10.5 Å². The molecule has 2 saturated heterocycles. The number of likely N-dealkylation sites (tertiary alicyclic amines) is 2. The van der Waals surface area contributed by atoms with Crippen LogP contribution < -0.4 is 10.6 Å². The second kappa shape index (κ2) is 18.3. The molecule has 4 atom stereocenters. The summed E-state index contributed by atoms with van der Waals surface area (Å²) in [5, 5.41) is 23.7. The summed E-state index contributed by atoms with van der Waals surface area (Å²) in [6.45, 7) is 12.1. The van der Waals surface area contributed by atoms with Crippen molar-refractivity contribution in [1.82, 2.24) is 30.4 Å². The first-order chi connectivity index (χ1) is 33.2. The molecule has 0 unspecified atom stereocenters. The van der Waals surface area contributed by atoms with Crippen molar-refractivity contribution in [2.24, 2.45) is 10.8 Å². The zero-order valence-electron chi connectivity index (χ0n) is 40.7. The number of aryl methyl sites for hydroxylation is 4. The van der Waals surface area contributed by atoms with Gasteiger partial charge in [0.25, 0.3) is 0 Å². The number of amides is 4. The Morgan fingerprint density at radius 1 is 0.629 bits per heavy atom. The minimum atomic E-state index is -3.82. The second-order valence-electron chi connectivity index (χ2n) is 21.1. The minimum absolute atomic E-state index is 0.0161. The monoisotopic (exact) mass is 980 g/mol. The molecule has 6 aliphatic rings. The molecule has 10 rings (SSSR count). The normalized spacial score (nSPS) is 23.7. The summed E-state index contributed by atoms with van der Waals surface area (Å²) in [7, 11) is -3.82. The summed E-state index contributed by atoms with van der Waals surface area (Å²) in [6, 6.07) is 22.6. The third kappa shape index (κ3) is 9.95. The average Bonchev–Trinajstić information content (AvgIpc) is 4.28. The van der Waals surface area contributed by atoms with Crippen molar-refractivity contribution in [3.8, 4) is 34.4 Å². The van der Waals surface area contributed by atoms with Gasteiger partial charge in [-0.05, 0) is 162 Å². The lowest BCUT2D eigenvalue weighted by Gasteiger charge is -2.27. The smallest absolute Gasteiger partial charge is 0.244 e. The van der Waals surface area contributed by atoms with Crippen molar-refractivity contribution in [2.75, 3.05) is 13.1 Å². The first-order valence-electron chi connectivity index (χ1n) is 24.3. The van der Waals surface area contributed by atoms with Gasteiger partial charge in [0.2, 0.25) is 23.6 Å². The van der Waals surface area contributed by atoms with Crippen LogP contribution in [0.3, 0.4) is 0 Å². The molecule has 2 aromatic carbocycles. The molecule has 0 spiro atoms. The lowest BCUT2D eigenvalue weighted by atomic mass is 10.0. The van der Waals surface area contributed by atoms with Crippen LogP contribution in [0.2, 0.25) is 0 Å². The van der Waals surface area contributed by atoms with Crippen molar-refractivity contribution < 1.29 is 27.6 Å². The summed E-state index contributed by atoms with van der Waals surface area (Å²) >= 11 is 1.75.